The second kappa shape index (κ2) is 4.59. The van der Waals surface area contributed by atoms with E-state index in [0.29, 0.717) is 19.5 Å². The van der Waals surface area contributed by atoms with E-state index < -0.39 is 11.9 Å². The SMILES string of the molecule is CC1C(C(=O)O)CCN1C(=O)C1CC(=O)N(C)C1. The lowest BCUT2D eigenvalue weighted by Gasteiger charge is -2.25. The Morgan fingerprint density at radius 2 is 2.06 bits per heavy atom. The predicted octanol–water partition coefficient (Wildman–Crippen LogP) is -0.214. The summed E-state index contributed by atoms with van der Waals surface area (Å²) in [5, 5.41) is 9.03. The van der Waals surface area contributed by atoms with E-state index in [1.165, 1.54) is 0 Å². The monoisotopic (exact) mass is 254 g/mol. The molecule has 2 fully saturated rings. The number of hydrogen-bond acceptors (Lipinski definition) is 3. The van der Waals surface area contributed by atoms with Crippen LogP contribution in [-0.4, -0.2) is 58.9 Å². The summed E-state index contributed by atoms with van der Waals surface area (Å²) in [5.41, 5.74) is 0. The summed E-state index contributed by atoms with van der Waals surface area (Å²) >= 11 is 0. The van der Waals surface area contributed by atoms with Crippen molar-refractivity contribution in [3.05, 3.63) is 0 Å². The van der Waals surface area contributed by atoms with Gasteiger partial charge in [-0.3, -0.25) is 14.4 Å². The lowest BCUT2D eigenvalue weighted by Crippen LogP contribution is -2.41. The average molecular weight is 254 g/mol. The third-order valence-corrected chi connectivity index (χ3v) is 4.05. The molecule has 0 bridgehead atoms. The summed E-state index contributed by atoms with van der Waals surface area (Å²) in [6.45, 7) is 2.69. The first-order valence-corrected chi connectivity index (χ1v) is 6.19. The van der Waals surface area contributed by atoms with Crippen LogP contribution in [0.15, 0.2) is 0 Å². The molecule has 2 rings (SSSR count). The number of nitrogens with zero attached hydrogens (tertiary/aromatic N) is 2. The van der Waals surface area contributed by atoms with Crippen molar-refractivity contribution in [2.24, 2.45) is 11.8 Å². The molecule has 2 aliphatic heterocycles. The zero-order valence-corrected chi connectivity index (χ0v) is 10.6. The molecule has 0 aliphatic carbocycles. The number of aliphatic carboxylic acids is 1. The summed E-state index contributed by atoms with van der Waals surface area (Å²) in [5.74, 6) is -1.74. The number of rotatable bonds is 2. The predicted molar refractivity (Wildman–Crippen MR) is 62.7 cm³/mol. The van der Waals surface area contributed by atoms with Gasteiger partial charge in [-0.2, -0.15) is 0 Å². The molecule has 6 heteroatoms. The highest BCUT2D eigenvalue weighted by Crippen LogP contribution is 2.28. The van der Waals surface area contributed by atoms with Crippen molar-refractivity contribution in [3.8, 4) is 0 Å². The minimum absolute atomic E-state index is 0.0185. The van der Waals surface area contributed by atoms with Crippen molar-refractivity contribution in [2.45, 2.75) is 25.8 Å². The highest BCUT2D eigenvalue weighted by Gasteiger charge is 2.42. The Labute approximate surface area is 106 Å². The van der Waals surface area contributed by atoms with Gasteiger partial charge in [-0.25, -0.2) is 0 Å². The molecular formula is C12H18N2O4. The van der Waals surface area contributed by atoms with Crippen molar-refractivity contribution in [3.63, 3.8) is 0 Å². The first kappa shape index (κ1) is 12.9. The Balaban J connectivity index is 2.03. The zero-order chi connectivity index (χ0) is 13.4. The highest BCUT2D eigenvalue weighted by atomic mass is 16.4. The van der Waals surface area contributed by atoms with E-state index in [2.05, 4.69) is 0 Å². The van der Waals surface area contributed by atoms with Gasteiger partial charge in [-0.15, -0.1) is 0 Å². The molecule has 0 saturated carbocycles. The minimum atomic E-state index is -0.850. The first-order chi connectivity index (χ1) is 8.41. The van der Waals surface area contributed by atoms with Gasteiger partial charge < -0.3 is 14.9 Å². The maximum atomic E-state index is 12.3. The van der Waals surface area contributed by atoms with Gasteiger partial charge >= 0.3 is 5.97 Å². The summed E-state index contributed by atoms with van der Waals surface area (Å²) < 4.78 is 0. The Bertz CT molecular complexity index is 396. The van der Waals surface area contributed by atoms with Crippen LogP contribution in [0.25, 0.3) is 0 Å². The smallest absolute Gasteiger partial charge is 0.308 e. The van der Waals surface area contributed by atoms with Crippen LogP contribution >= 0.6 is 0 Å². The lowest BCUT2D eigenvalue weighted by molar-refractivity contribution is -0.143. The van der Waals surface area contributed by atoms with Crippen LogP contribution in [0, 0.1) is 11.8 Å². The van der Waals surface area contributed by atoms with E-state index in [9.17, 15) is 14.4 Å². The van der Waals surface area contributed by atoms with E-state index in [1.807, 2.05) is 0 Å². The van der Waals surface area contributed by atoms with Crippen molar-refractivity contribution in [1.82, 2.24) is 9.80 Å². The lowest BCUT2D eigenvalue weighted by atomic mass is 10.0. The first-order valence-electron chi connectivity index (χ1n) is 6.19. The summed E-state index contributed by atoms with van der Waals surface area (Å²) in [6, 6.07) is -0.281. The molecule has 3 unspecified atom stereocenters. The second-order valence-corrected chi connectivity index (χ2v) is 5.18. The number of likely N-dealkylation sites (tertiary alicyclic amines) is 2. The Morgan fingerprint density at radius 1 is 1.39 bits per heavy atom. The van der Waals surface area contributed by atoms with Crippen molar-refractivity contribution >= 4 is 17.8 Å². The topological polar surface area (TPSA) is 77.9 Å². The molecule has 2 aliphatic rings. The third kappa shape index (κ3) is 2.07. The van der Waals surface area contributed by atoms with Crippen molar-refractivity contribution in [1.29, 1.82) is 0 Å². The van der Waals surface area contributed by atoms with Crippen molar-refractivity contribution in [2.75, 3.05) is 20.1 Å². The number of carbonyl (C=O) groups is 3. The van der Waals surface area contributed by atoms with E-state index in [-0.39, 0.29) is 30.2 Å². The maximum Gasteiger partial charge on any atom is 0.308 e. The fraction of sp³-hybridized carbons (Fsp3) is 0.750. The molecule has 2 heterocycles. The zero-order valence-electron chi connectivity index (χ0n) is 10.6. The van der Waals surface area contributed by atoms with Crippen LogP contribution in [0.4, 0.5) is 0 Å². The Kier molecular flexibility index (Phi) is 3.28. The molecule has 18 heavy (non-hydrogen) atoms. The van der Waals surface area contributed by atoms with Crippen molar-refractivity contribution < 1.29 is 19.5 Å². The molecule has 0 aromatic heterocycles. The Morgan fingerprint density at radius 3 is 2.50 bits per heavy atom. The fourth-order valence-electron chi connectivity index (χ4n) is 2.84. The standard InChI is InChI=1S/C12H18N2O4/c1-7-9(12(17)18)3-4-14(7)11(16)8-5-10(15)13(2)6-8/h7-9H,3-6H2,1-2H3,(H,17,18). The summed E-state index contributed by atoms with van der Waals surface area (Å²) in [7, 11) is 1.68. The molecule has 6 nitrogen and oxygen atoms in total. The van der Waals surface area contributed by atoms with Crippen LogP contribution in [-0.2, 0) is 14.4 Å². The Hall–Kier alpha value is -1.59. The number of hydrogen-bond donors (Lipinski definition) is 1. The van der Waals surface area contributed by atoms with Gasteiger partial charge in [0, 0.05) is 32.6 Å². The fourth-order valence-corrected chi connectivity index (χ4v) is 2.84. The summed E-state index contributed by atoms with van der Waals surface area (Å²) in [4.78, 5) is 37.9. The number of carboxylic acids is 1. The van der Waals surface area contributed by atoms with Crippen LogP contribution in [0.3, 0.4) is 0 Å². The second-order valence-electron chi connectivity index (χ2n) is 5.18. The van der Waals surface area contributed by atoms with E-state index in [1.54, 1.807) is 23.8 Å². The molecule has 0 aromatic rings. The molecule has 100 valence electrons. The van der Waals surface area contributed by atoms with E-state index in [4.69, 9.17) is 5.11 Å². The number of carboxylic acid groups (broad SMARTS) is 1. The minimum Gasteiger partial charge on any atom is -0.481 e. The van der Waals surface area contributed by atoms with Gasteiger partial charge in [0.15, 0.2) is 0 Å². The van der Waals surface area contributed by atoms with E-state index in [0.717, 1.165) is 0 Å². The molecule has 0 aromatic carbocycles. The summed E-state index contributed by atoms with van der Waals surface area (Å²) in [6.07, 6.45) is 0.745. The van der Waals surface area contributed by atoms with Crippen LogP contribution in [0.2, 0.25) is 0 Å². The van der Waals surface area contributed by atoms with Gasteiger partial charge in [0.05, 0.1) is 11.8 Å². The number of carbonyl (C=O) groups excluding carboxylic acids is 2. The van der Waals surface area contributed by atoms with Crippen LogP contribution in [0.1, 0.15) is 19.8 Å². The van der Waals surface area contributed by atoms with Gasteiger partial charge in [0.1, 0.15) is 0 Å². The quantitative estimate of drug-likeness (QED) is 0.739. The average Bonchev–Trinajstić information content (AvgIpc) is 2.82. The van der Waals surface area contributed by atoms with Gasteiger partial charge in [-0.05, 0) is 13.3 Å². The number of amides is 2. The molecule has 0 spiro atoms. The molecule has 3 atom stereocenters. The maximum absolute atomic E-state index is 12.3. The van der Waals surface area contributed by atoms with Crippen LogP contribution in [0.5, 0.6) is 0 Å². The molecule has 2 amide bonds. The van der Waals surface area contributed by atoms with Gasteiger partial charge in [0.25, 0.3) is 0 Å². The molecule has 2 saturated heterocycles. The highest BCUT2D eigenvalue weighted by molar-refractivity contribution is 5.89. The molecule has 1 N–H and O–H groups in total. The van der Waals surface area contributed by atoms with Gasteiger partial charge in [0.2, 0.25) is 11.8 Å². The molecular weight excluding hydrogens is 236 g/mol. The van der Waals surface area contributed by atoms with Gasteiger partial charge in [-0.1, -0.05) is 0 Å². The largest absolute Gasteiger partial charge is 0.481 e. The van der Waals surface area contributed by atoms with Crippen LogP contribution < -0.4 is 0 Å². The normalized spacial score (nSPS) is 32.1. The van der Waals surface area contributed by atoms with E-state index >= 15 is 0 Å². The molecule has 0 radical (unpaired) electrons. The third-order valence-electron chi connectivity index (χ3n) is 4.05.